The Morgan fingerprint density at radius 3 is 2.25 bits per heavy atom. The zero-order valence-corrected chi connectivity index (χ0v) is 24.4. The van der Waals surface area contributed by atoms with E-state index in [1.165, 1.54) is 0 Å². The van der Waals surface area contributed by atoms with Crippen molar-refractivity contribution >= 4 is 11.8 Å². The van der Waals surface area contributed by atoms with E-state index >= 15 is 0 Å². The fourth-order valence-electron chi connectivity index (χ4n) is 4.71. The van der Waals surface area contributed by atoms with Crippen molar-refractivity contribution in [2.24, 2.45) is 0 Å². The molecule has 0 aromatic heterocycles. The third kappa shape index (κ3) is 9.44. The number of aryl methyl sites for hydroxylation is 2. The SMILES string of the molecule is CCCCNC(=O)C(Cc1ccccc1)N(Cc1cccc(C)c1)C(=O)CCc1ccc(OCC)c(OCC)c1. The van der Waals surface area contributed by atoms with Gasteiger partial charge in [0.15, 0.2) is 11.5 Å². The summed E-state index contributed by atoms with van der Waals surface area (Å²) in [6.07, 6.45) is 3.15. The molecule has 0 aliphatic rings. The molecule has 3 rings (SSSR count). The monoisotopic (exact) mass is 544 g/mol. The first-order valence-electron chi connectivity index (χ1n) is 14.5. The number of unbranched alkanes of at least 4 members (excludes halogenated alkanes) is 1. The Morgan fingerprint density at radius 1 is 0.825 bits per heavy atom. The van der Waals surface area contributed by atoms with Crippen LogP contribution < -0.4 is 14.8 Å². The van der Waals surface area contributed by atoms with Crippen molar-refractivity contribution in [3.05, 3.63) is 95.1 Å². The van der Waals surface area contributed by atoms with E-state index in [-0.39, 0.29) is 18.2 Å². The maximum absolute atomic E-state index is 13.9. The van der Waals surface area contributed by atoms with Crippen LogP contribution in [0.3, 0.4) is 0 Å². The van der Waals surface area contributed by atoms with Crippen LogP contribution in [0.5, 0.6) is 11.5 Å². The molecule has 0 bridgehead atoms. The van der Waals surface area contributed by atoms with Crippen LogP contribution in [0.2, 0.25) is 0 Å². The minimum atomic E-state index is -0.619. The number of benzene rings is 3. The van der Waals surface area contributed by atoms with Crippen molar-refractivity contribution in [1.82, 2.24) is 10.2 Å². The number of hydrogen-bond donors (Lipinski definition) is 1. The van der Waals surface area contributed by atoms with Crippen LogP contribution in [0.25, 0.3) is 0 Å². The fraction of sp³-hybridized carbons (Fsp3) is 0.412. The number of ether oxygens (including phenoxy) is 2. The molecule has 0 spiro atoms. The second-order valence-corrected chi connectivity index (χ2v) is 10.0. The summed E-state index contributed by atoms with van der Waals surface area (Å²) in [6, 6.07) is 23.3. The summed E-state index contributed by atoms with van der Waals surface area (Å²) in [5.41, 5.74) is 4.14. The minimum Gasteiger partial charge on any atom is -0.490 e. The Hall–Kier alpha value is -3.80. The second-order valence-electron chi connectivity index (χ2n) is 10.0. The first-order valence-corrected chi connectivity index (χ1v) is 14.5. The summed E-state index contributed by atoms with van der Waals surface area (Å²) in [7, 11) is 0. The largest absolute Gasteiger partial charge is 0.490 e. The van der Waals surface area contributed by atoms with Crippen molar-refractivity contribution in [3.8, 4) is 11.5 Å². The van der Waals surface area contributed by atoms with Gasteiger partial charge < -0.3 is 19.7 Å². The van der Waals surface area contributed by atoms with E-state index in [1.54, 1.807) is 4.90 Å². The van der Waals surface area contributed by atoms with Crippen molar-refractivity contribution in [3.63, 3.8) is 0 Å². The quantitative estimate of drug-likeness (QED) is 0.216. The lowest BCUT2D eigenvalue weighted by atomic mass is 10.0. The summed E-state index contributed by atoms with van der Waals surface area (Å²) >= 11 is 0. The number of carbonyl (C=O) groups is 2. The average Bonchev–Trinajstić information content (AvgIpc) is 2.95. The molecule has 3 aromatic carbocycles. The van der Waals surface area contributed by atoms with Gasteiger partial charge in [-0.3, -0.25) is 9.59 Å². The van der Waals surface area contributed by atoms with E-state index in [0.29, 0.717) is 50.6 Å². The van der Waals surface area contributed by atoms with Crippen molar-refractivity contribution in [2.75, 3.05) is 19.8 Å². The lowest BCUT2D eigenvalue weighted by molar-refractivity contribution is -0.141. The highest BCUT2D eigenvalue weighted by atomic mass is 16.5. The van der Waals surface area contributed by atoms with Gasteiger partial charge in [0.05, 0.1) is 13.2 Å². The topological polar surface area (TPSA) is 67.9 Å². The number of carbonyl (C=O) groups excluding carboxylic acids is 2. The summed E-state index contributed by atoms with van der Waals surface area (Å²) in [4.78, 5) is 29.3. The Bertz CT molecular complexity index is 1210. The zero-order chi connectivity index (χ0) is 28.7. The highest BCUT2D eigenvalue weighted by Gasteiger charge is 2.30. The molecule has 3 aromatic rings. The molecule has 0 fully saturated rings. The van der Waals surface area contributed by atoms with E-state index < -0.39 is 6.04 Å². The van der Waals surface area contributed by atoms with Crippen molar-refractivity contribution < 1.29 is 19.1 Å². The van der Waals surface area contributed by atoms with Crippen LogP contribution in [0, 0.1) is 6.92 Å². The van der Waals surface area contributed by atoms with E-state index in [2.05, 4.69) is 18.3 Å². The molecular weight excluding hydrogens is 500 g/mol. The predicted octanol–water partition coefficient (Wildman–Crippen LogP) is 6.28. The molecule has 1 N–H and O–H groups in total. The molecule has 0 aliphatic heterocycles. The van der Waals surface area contributed by atoms with Gasteiger partial charge in [-0.2, -0.15) is 0 Å². The molecule has 2 amide bonds. The third-order valence-electron chi connectivity index (χ3n) is 6.77. The Balaban J connectivity index is 1.88. The summed E-state index contributed by atoms with van der Waals surface area (Å²) in [5, 5.41) is 3.09. The molecule has 0 saturated carbocycles. The van der Waals surface area contributed by atoms with Gasteiger partial charge in [0, 0.05) is 25.9 Å². The summed E-state index contributed by atoms with van der Waals surface area (Å²) in [5.74, 6) is 1.22. The maximum atomic E-state index is 13.9. The normalized spacial score (nSPS) is 11.5. The zero-order valence-electron chi connectivity index (χ0n) is 24.4. The summed E-state index contributed by atoms with van der Waals surface area (Å²) in [6.45, 7) is 10.1. The molecule has 1 atom stereocenters. The van der Waals surface area contributed by atoms with Crippen LogP contribution >= 0.6 is 0 Å². The average molecular weight is 545 g/mol. The van der Waals surface area contributed by atoms with E-state index in [0.717, 1.165) is 35.1 Å². The van der Waals surface area contributed by atoms with Gasteiger partial charge in [-0.15, -0.1) is 0 Å². The second kappa shape index (κ2) is 16.3. The Kier molecular flexibility index (Phi) is 12.6. The number of nitrogens with one attached hydrogen (secondary N) is 1. The summed E-state index contributed by atoms with van der Waals surface area (Å²) < 4.78 is 11.5. The molecule has 40 heavy (non-hydrogen) atoms. The number of nitrogens with zero attached hydrogens (tertiary/aromatic N) is 1. The predicted molar refractivity (Wildman–Crippen MR) is 161 cm³/mol. The molecule has 214 valence electrons. The Morgan fingerprint density at radius 2 is 1.55 bits per heavy atom. The molecular formula is C34H44N2O4. The van der Waals surface area contributed by atoms with Crippen LogP contribution in [-0.4, -0.2) is 42.5 Å². The van der Waals surface area contributed by atoms with Gasteiger partial charge in [0.1, 0.15) is 6.04 Å². The molecule has 0 radical (unpaired) electrons. The van der Waals surface area contributed by atoms with E-state index in [1.807, 2.05) is 87.5 Å². The minimum absolute atomic E-state index is 0.0556. The first-order chi connectivity index (χ1) is 19.4. The van der Waals surface area contributed by atoms with Gasteiger partial charge >= 0.3 is 0 Å². The van der Waals surface area contributed by atoms with Crippen LogP contribution in [0.1, 0.15) is 62.3 Å². The van der Waals surface area contributed by atoms with E-state index in [9.17, 15) is 9.59 Å². The van der Waals surface area contributed by atoms with Crippen molar-refractivity contribution in [2.45, 2.75) is 72.4 Å². The highest BCUT2D eigenvalue weighted by molar-refractivity contribution is 5.88. The highest BCUT2D eigenvalue weighted by Crippen LogP contribution is 2.29. The lowest BCUT2D eigenvalue weighted by Crippen LogP contribution is -2.50. The number of amides is 2. The number of rotatable bonds is 16. The van der Waals surface area contributed by atoms with Crippen LogP contribution in [-0.2, 0) is 29.0 Å². The molecule has 0 aliphatic carbocycles. The molecule has 1 unspecified atom stereocenters. The van der Waals surface area contributed by atoms with E-state index in [4.69, 9.17) is 9.47 Å². The maximum Gasteiger partial charge on any atom is 0.243 e. The van der Waals surface area contributed by atoms with Gasteiger partial charge in [0.2, 0.25) is 11.8 Å². The van der Waals surface area contributed by atoms with Crippen LogP contribution in [0.15, 0.2) is 72.8 Å². The molecule has 0 saturated heterocycles. The van der Waals surface area contributed by atoms with Gasteiger partial charge in [0.25, 0.3) is 0 Å². The third-order valence-corrected chi connectivity index (χ3v) is 6.77. The van der Waals surface area contributed by atoms with Crippen LogP contribution in [0.4, 0.5) is 0 Å². The number of hydrogen-bond acceptors (Lipinski definition) is 4. The van der Waals surface area contributed by atoms with Gasteiger partial charge in [-0.1, -0.05) is 79.6 Å². The Labute approximate surface area is 239 Å². The van der Waals surface area contributed by atoms with Crippen molar-refractivity contribution in [1.29, 1.82) is 0 Å². The lowest BCUT2D eigenvalue weighted by Gasteiger charge is -2.32. The van der Waals surface area contributed by atoms with Gasteiger partial charge in [-0.05, 0) is 62.4 Å². The molecule has 6 nitrogen and oxygen atoms in total. The fourth-order valence-corrected chi connectivity index (χ4v) is 4.71. The van der Waals surface area contributed by atoms with Gasteiger partial charge in [-0.25, -0.2) is 0 Å². The first kappa shape index (κ1) is 30.7. The smallest absolute Gasteiger partial charge is 0.243 e. The standard InChI is InChI=1S/C34H44N2O4/c1-5-8-21-35-34(38)30(23-27-14-10-9-11-15-27)36(25-29-16-12-13-26(4)22-29)33(37)20-18-28-17-19-31(39-6-2)32(24-28)40-7-3/h9-17,19,22,24,30H,5-8,18,20-21,23,25H2,1-4H3,(H,35,38). The molecule has 6 heteroatoms. The molecule has 0 heterocycles.